The summed E-state index contributed by atoms with van der Waals surface area (Å²) in [6.07, 6.45) is 2.76. The van der Waals surface area contributed by atoms with Gasteiger partial charge in [0.2, 0.25) is 5.91 Å². The van der Waals surface area contributed by atoms with Gasteiger partial charge in [0.1, 0.15) is 0 Å². The zero-order valence-electron chi connectivity index (χ0n) is 10.6. The molecule has 2 atom stereocenters. The van der Waals surface area contributed by atoms with Crippen molar-refractivity contribution in [2.24, 2.45) is 11.7 Å². The molecule has 1 heterocycles. The van der Waals surface area contributed by atoms with Gasteiger partial charge in [-0.2, -0.15) is 0 Å². The largest absolute Gasteiger partial charge is 0.378 e. The van der Waals surface area contributed by atoms with Gasteiger partial charge in [0.15, 0.2) is 0 Å². The molecule has 0 bridgehead atoms. The second-order valence-electron chi connectivity index (χ2n) is 4.76. The summed E-state index contributed by atoms with van der Waals surface area (Å²) in [6, 6.07) is 0. The Morgan fingerprint density at radius 1 is 1.50 bits per heavy atom. The first-order valence-electron chi connectivity index (χ1n) is 6.20. The molecule has 1 amide bonds. The van der Waals surface area contributed by atoms with E-state index in [1.165, 1.54) is 0 Å². The smallest absolute Gasteiger partial charge is 0.226 e. The van der Waals surface area contributed by atoms with Gasteiger partial charge in [-0.05, 0) is 26.2 Å². The van der Waals surface area contributed by atoms with Gasteiger partial charge in [0.05, 0.1) is 24.2 Å². The summed E-state index contributed by atoms with van der Waals surface area (Å²) in [5.41, 5.74) is 5.52. The lowest BCUT2D eigenvalue weighted by Crippen LogP contribution is -2.54. The molecule has 2 unspecified atom stereocenters. The molecular weight excluding hydrogens is 204 g/mol. The molecule has 1 saturated heterocycles. The van der Waals surface area contributed by atoms with Gasteiger partial charge in [0, 0.05) is 6.54 Å². The molecule has 0 spiro atoms. The average Bonchev–Trinajstić information content (AvgIpc) is 2.73. The van der Waals surface area contributed by atoms with Crippen LogP contribution in [-0.2, 0) is 9.53 Å². The lowest BCUT2D eigenvalue weighted by Gasteiger charge is -2.32. The Balaban J connectivity index is 2.55. The molecule has 1 aliphatic rings. The minimum Gasteiger partial charge on any atom is -0.378 e. The standard InChI is InChI=1S/C12H24N2O2/c1-4-12(5-2,8-13)14-11(15)10-6-9(3)16-7-10/h9-10H,4-8,13H2,1-3H3,(H,14,15). The summed E-state index contributed by atoms with van der Waals surface area (Å²) < 4.78 is 5.41. The van der Waals surface area contributed by atoms with Crippen LogP contribution < -0.4 is 11.1 Å². The molecule has 0 radical (unpaired) electrons. The second kappa shape index (κ2) is 5.64. The van der Waals surface area contributed by atoms with Crippen LogP contribution in [0.25, 0.3) is 0 Å². The third kappa shape index (κ3) is 2.95. The topological polar surface area (TPSA) is 64.3 Å². The van der Waals surface area contributed by atoms with E-state index < -0.39 is 0 Å². The van der Waals surface area contributed by atoms with Gasteiger partial charge >= 0.3 is 0 Å². The van der Waals surface area contributed by atoms with Crippen LogP contribution in [0.5, 0.6) is 0 Å². The Morgan fingerprint density at radius 2 is 2.12 bits per heavy atom. The van der Waals surface area contributed by atoms with Gasteiger partial charge in [-0.3, -0.25) is 4.79 Å². The zero-order valence-corrected chi connectivity index (χ0v) is 10.6. The predicted octanol–water partition coefficient (Wildman–Crippen LogP) is 1.05. The molecule has 94 valence electrons. The van der Waals surface area contributed by atoms with Crippen molar-refractivity contribution in [2.45, 2.75) is 51.7 Å². The van der Waals surface area contributed by atoms with Gasteiger partial charge in [-0.25, -0.2) is 0 Å². The highest BCUT2D eigenvalue weighted by Gasteiger charge is 2.33. The van der Waals surface area contributed by atoms with Gasteiger partial charge < -0.3 is 15.8 Å². The van der Waals surface area contributed by atoms with Crippen LogP contribution in [0, 0.1) is 5.92 Å². The maximum absolute atomic E-state index is 12.0. The zero-order chi connectivity index (χ0) is 12.2. The van der Waals surface area contributed by atoms with Crippen LogP contribution in [0.1, 0.15) is 40.0 Å². The van der Waals surface area contributed by atoms with E-state index in [0.29, 0.717) is 13.2 Å². The van der Waals surface area contributed by atoms with Crippen molar-refractivity contribution in [1.82, 2.24) is 5.32 Å². The van der Waals surface area contributed by atoms with Crippen molar-refractivity contribution >= 4 is 5.91 Å². The fourth-order valence-corrected chi connectivity index (χ4v) is 2.13. The van der Waals surface area contributed by atoms with Crippen molar-refractivity contribution in [2.75, 3.05) is 13.2 Å². The highest BCUT2D eigenvalue weighted by molar-refractivity contribution is 5.79. The van der Waals surface area contributed by atoms with Crippen molar-refractivity contribution in [1.29, 1.82) is 0 Å². The first-order chi connectivity index (χ1) is 7.56. The molecule has 1 aliphatic heterocycles. The number of carbonyl (C=O) groups is 1. The third-order valence-corrected chi connectivity index (χ3v) is 3.70. The van der Waals surface area contributed by atoms with E-state index in [1.807, 2.05) is 6.92 Å². The fourth-order valence-electron chi connectivity index (χ4n) is 2.13. The summed E-state index contributed by atoms with van der Waals surface area (Å²) in [5, 5.41) is 3.10. The van der Waals surface area contributed by atoms with Crippen molar-refractivity contribution < 1.29 is 9.53 Å². The lowest BCUT2D eigenvalue weighted by molar-refractivity contribution is -0.127. The number of nitrogens with two attached hydrogens (primary N) is 1. The lowest BCUT2D eigenvalue weighted by atomic mass is 9.91. The number of nitrogens with one attached hydrogen (secondary N) is 1. The van der Waals surface area contributed by atoms with Crippen molar-refractivity contribution in [3.63, 3.8) is 0 Å². The van der Waals surface area contributed by atoms with E-state index in [4.69, 9.17) is 10.5 Å². The molecule has 0 aliphatic carbocycles. The second-order valence-corrected chi connectivity index (χ2v) is 4.76. The minimum atomic E-state index is -0.233. The van der Waals surface area contributed by atoms with E-state index in [2.05, 4.69) is 19.2 Å². The van der Waals surface area contributed by atoms with Crippen LogP contribution in [-0.4, -0.2) is 30.7 Å². The summed E-state index contributed by atoms with van der Waals surface area (Å²) in [6.45, 7) is 7.16. The monoisotopic (exact) mass is 228 g/mol. The first-order valence-corrected chi connectivity index (χ1v) is 6.20. The molecule has 1 fully saturated rings. The number of carbonyl (C=O) groups excluding carboxylic acids is 1. The number of ether oxygens (including phenoxy) is 1. The van der Waals surface area contributed by atoms with Gasteiger partial charge in [0.25, 0.3) is 0 Å². The van der Waals surface area contributed by atoms with Crippen LogP contribution in [0.15, 0.2) is 0 Å². The normalized spacial score (nSPS) is 25.8. The fraction of sp³-hybridized carbons (Fsp3) is 0.917. The maximum Gasteiger partial charge on any atom is 0.226 e. The van der Waals surface area contributed by atoms with E-state index in [1.54, 1.807) is 0 Å². The Hall–Kier alpha value is -0.610. The Labute approximate surface area is 97.9 Å². The van der Waals surface area contributed by atoms with Gasteiger partial charge in [-0.15, -0.1) is 0 Å². The number of rotatable bonds is 5. The van der Waals surface area contributed by atoms with Crippen LogP contribution in [0.2, 0.25) is 0 Å². The number of hydrogen-bond donors (Lipinski definition) is 2. The molecule has 0 aromatic rings. The van der Waals surface area contributed by atoms with E-state index in [-0.39, 0.29) is 23.5 Å². The Morgan fingerprint density at radius 3 is 2.50 bits per heavy atom. The highest BCUT2D eigenvalue weighted by Crippen LogP contribution is 2.21. The first kappa shape index (κ1) is 13.5. The molecule has 1 rings (SSSR count). The predicted molar refractivity (Wildman–Crippen MR) is 64.0 cm³/mol. The van der Waals surface area contributed by atoms with Crippen LogP contribution in [0.3, 0.4) is 0 Å². The minimum absolute atomic E-state index is 0.000903. The number of hydrogen-bond acceptors (Lipinski definition) is 3. The Bertz CT molecular complexity index is 231. The van der Waals surface area contributed by atoms with Crippen molar-refractivity contribution in [3.8, 4) is 0 Å². The maximum atomic E-state index is 12.0. The molecular formula is C12H24N2O2. The van der Waals surface area contributed by atoms with Gasteiger partial charge in [-0.1, -0.05) is 13.8 Å². The third-order valence-electron chi connectivity index (χ3n) is 3.70. The average molecular weight is 228 g/mol. The van der Waals surface area contributed by atoms with E-state index in [9.17, 15) is 4.79 Å². The summed E-state index contributed by atoms with van der Waals surface area (Å²) in [4.78, 5) is 12.0. The summed E-state index contributed by atoms with van der Waals surface area (Å²) in [5.74, 6) is 0.0949. The quantitative estimate of drug-likeness (QED) is 0.739. The molecule has 0 saturated carbocycles. The van der Waals surface area contributed by atoms with Crippen molar-refractivity contribution in [3.05, 3.63) is 0 Å². The molecule has 0 aromatic heterocycles. The van der Waals surface area contributed by atoms with Crippen LogP contribution >= 0.6 is 0 Å². The van der Waals surface area contributed by atoms with Crippen LogP contribution in [0.4, 0.5) is 0 Å². The summed E-state index contributed by atoms with van der Waals surface area (Å²) >= 11 is 0. The highest BCUT2D eigenvalue weighted by atomic mass is 16.5. The molecule has 4 heteroatoms. The molecule has 16 heavy (non-hydrogen) atoms. The molecule has 4 nitrogen and oxygen atoms in total. The van der Waals surface area contributed by atoms with E-state index in [0.717, 1.165) is 19.3 Å². The molecule has 3 N–H and O–H groups in total. The Kier molecular flexibility index (Phi) is 4.74. The summed E-state index contributed by atoms with van der Waals surface area (Å²) in [7, 11) is 0. The molecule has 0 aromatic carbocycles. The van der Waals surface area contributed by atoms with E-state index >= 15 is 0 Å². The SMILES string of the molecule is CCC(CC)(CN)NC(=O)C1COC(C)C1. The number of amides is 1.